The Morgan fingerprint density at radius 1 is 1.33 bits per heavy atom. The van der Waals surface area contributed by atoms with Crippen LogP contribution in [0.15, 0.2) is 52.4 Å². The van der Waals surface area contributed by atoms with Crippen LogP contribution in [0.25, 0.3) is 21.7 Å². The number of nitrogens with one attached hydrogen (secondary N) is 1. The van der Waals surface area contributed by atoms with Gasteiger partial charge in [-0.05, 0) is 42.6 Å². The van der Waals surface area contributed by atoms with Gasteiger partial charge in [0, 0.05) is 36.4 Å². The lowest BCUT2D eigenvalue weighted by Gasteiger charge is -2.06. The number of hydrogen-bond acceptors (Lipinski definition) is 5. The molecule has 4 aromatic rings. The molecule has 1 aromatic carbocycles. The molecule has 138 valence electrons. The van der Waals surface area contributed by atoms with Crippen LogP contribution < -0.4 is 5.32 Å². The summed E-state index contributed by atoms with van der Waals surface area (Å²) in [7, 11) is 1.69. The fraction of sp³-hybridized carbons (Fsp3) is 0.200. The summed E-state index contributed by atoms with van der Waals surface area (Å²) in [6.07, 6.45) is 2.02. The molecule has 0 fully saturated rings. The van der Waals surface area contributed by atoms with Gasteiger partial charge in [-0.1, -0.05) is 6.07 Å². The number of carbonyl (C=O) groups excluding carboxylic acids is 1. The minimum atomic E-state index is -0.280. The number of rotatable bonds is 6. The Hall–Kier alpha value is -2.90. The number of benzene rings is 1. The molecule has 0 bridgehead atoms. The van der Waals surface area contributed by atoms with Gasteiger partial charge in [0.25, 0.3) is 5.91 Å². The molecular formula is C20H19N3O3S. The summed E-state index contributed by atoms with van der Waals surface area (Å²) in [5.74, 6) is 0.693. The van der Waals surface area contributed by atoms with E-state index < -0.39 is 0 Å². The highest BCUT2D eigenvalue weighted by molar-refractivity contribution is 7.13. The highest BCUT2D eigenvalue weighted by Crippen LogP contribution is 2.27. The van der Waals surface area contributed by atoms with Gasteiger partial charge in [-0.3, -0.25) is 4.79 Å². The minimum absolute atomic E-state index is 0.280. The Bertz CT molecular complexity index is 1080. The van der Waals surface area contributed by atoms with E-state index in [1.165, 1.54) is 11.3 Å². The van der Waals surface area contributed by atoms with E-state index in [0.717, 1.165) is 28.0 Å². The van der Waals surface area contributed by atoms with Gasteiger partial charge >= 0.3 is 0 Å². The maximum atomic E-state index is 12.6. The molecule has 0 atom stereocenters. The molecule has 0 aliphatic rings. The van der Waals surface area contributed by atoms with E-state index in [1.54, 1.807) is 14.0 Å². The molecule has 0 saturated heterocycles. The number of hydrogen-bond donors (Lipinski definition) is 1. The molecule has 27 heavy (non-hydrogen) atoms. The Morgan fingerprint density at radius 3 is 3.00 bits per heavy atom. The monoisotopic (exact) mass is 381 g/mol. The average Bonchev–Trinajstić information content (AvgIpc) is 3.39. The van der Waals surface area contributed by atoms with Crippen LogP contribution in [0.3, 0.4) is 0 Å². The summed E-state index contributed by atoms with van der Waals surface area (Å²) in [4.78, 5) is 17.9. The number of methoxy groups -OCH3 is 1. The van der Waals surface area contributed by atoms with E-state index in [0.29, 0.717) is 24.0 Å². The van der Waals surface area contributed by atoms with Crippen LogP contribution in [0.1, 0.15) is 16.2 Å². The average molecular weight is 381 g/mol. The third kappa shape index (κ3) is 3.51. The van der Waals surface area contributed by atoms with Crippen LogP contribution in [-0.4, -0.2) is 29.2 Å². The van der Waals surface area contributed by atoms with E-state index >= 15 is 0 Å². The number of thiophene rings is 1. The van der Waals surface area contributed by atoms with Gasteiger partial charge in [0.1, 0.15) is 5.76 Å². The van der Waals surface area contributed by atoms with Crippen molar-refractivity contribution in [2.24, 2.45) is 0 Å². The zero-order valence-corrected chi connectivity index (χ0v) is 15.9. The van der Waals surface area contributed by atoms with Gasteiger partial charge in [0.2, 0.25) is 5.89 Å². The van der Waals surface area contributed by atoms with E-state index in [-0.39, 0.29) is 5.91 Å². The molecule has 4 rings (SSSR count). The lowest BCUT2D eigenvalue weighted by Crippen LogP contribution is -2.13. The number of ether oxygens (including phenoxy) is 1. The molecule has 1 amide bonds. The molecule has 0 unspecified atom stereocenters. The third-order valence-electron chi connectivity index (χ3n) is 4.31. The quantitative estimate of drug-likeness (QED) is 0.531. The lowest BCUT2D eigenvalue weighted by molar-refractivity contribution is 0.102. The highest BCUT2D eigenvalue weighted by Gasteiger charge is 2.19. The first kappa shape index (κ1) is 17.5. The molecule has 7 heteroatoms. The van der Waals surface area contributed by atoms with Gasteiger partial charge < -0.3 is 19.0 Å². The fourth-order valence-corrected chi connectivity index (χ4v) is 3.61. The van der Waals surface area contributed by atoms with Crippen LogP contribution >= 0.6 is 11.3 Å². The lowest BCUT2D eigenvalue weighted by atomic mass is 10.2. The van der Waals surface area contributed by atoms with E-state index in [4.69, 9.17) is 9.15 Å². The van der Waals surface area contributed by atoms with Crippen molar-refractivity contribution in [2.75, 3.05) is 19.0 Å². The van der Waals surface area contributed by atoms with Crippen molar-refractivity contribution in [2.45, 2.75) is 13.5 Å². The smallest absolute Gasteiger partial charge is 0.277 e. The van der Waals surface area contributed by atoms with Gasteiger partial charge in [0.05, 0.1) is 11.5 Å². The summed E-state index contributed by atoms with van der Waals surface area (Å²) < 4.78 is 12.9. The van der Waals surface area contributed by atoms with Gasteiger partial charge in [-0.25, -0.2) is 4.98 Å². The third-order valence-corrected chi connectivity index (χ3v) is 5.17. The summed E-state index contributed by atoms with van der Waals surface area (Å²) in [5, 5.41) is 5.91. The Morgan fingerprint density at radius 2 is 2.22 bits per heavy atom. The van der Waals surface area contributed by atoms with Crippen LogP contribution in [0.4, 0.5) is 5.69 Å². The first-order valence-corrected chi connectivity index (χ1v) is 9.44. The predicted octanol–water partition coefficient (Wildman–Crippen LogP) is 4.56. The number of amides is 1. The van der Waals surface area contributed by atoms with Crippen LogP contribution in [0.5, 0.6) is 0 Å². The van der Waals surface area contributed by atoms with Crippen LogP contribution in [0, 0.1) is 6.92 Å². The zero-order valence-electron chi connectivity index (χ0n) is 15.1. The van der Waals surface area contributed by atoms with Crippen molar-refractivity contribution in [3.63, 3.8) is 0 Å². The Labute approximate surface area is 160 Å². The standard InChI is InChI=1S/C20H19N3O3S/c1-13-18(22-20(26-13)17-4-3-11-27-17)19(24)21-15-5-6-16-14(12-15)7-8-23(16)9-10-25-2/h3-8,11-12H,9-10H2,1-2H3,(H,21,24). The molecule has 0 spiro atoms. The fourth-order valence-electron chi connectivity index (χ4n) is 2.97. The number of oxazole rings is 1. The summed E-state index contributed by atoms with van der Waals surface area (Å²) >= 11 is 1.52. The SMILES string of the molecule is COCCn1ccc2cc(NC(=O)c3nc(-c4cccs4)oc3C)ccc21. The van der Waals surface area contributed by atoms with Gasteiger partial charge in [-0.2, -0.15) is 0 Å². The molecule has 3 heterocycles. The van der Waals surface area contributed by atoms with E-state index in [1.807, 2.05) is 48.0 Å². The summed E-state index contributed by atoms with van der Waals surface area (Å²) in [6.45, 7) is 3.19. The number of aromatic nitrogens is 2. The normalized spacial score (nSPS) is 11.2. The topological polar surface area (TPSA) is 69.3 Å². The minimum Gasteiger partial charge on any atom is -0.440 e. The van der Waals surface area contributed by atoms with Crippen molar-refractivity contribution in [3.8, 4) is 10.8 Å². The molecule has 0 radical (unpaired) electrons. The molecule has 6 nitrogen and oxygen atoms in total. The summed E-state index contributed by atoms with van der Waals surface area (Å²) in [5.41, 5.74) is 2.12. The number of fused-ring (bicyclic) bond motifs is 1. The summed E-state index contributed by atoms with van der Waals surface area (Å²) in [6, 6.07) is 11.7. The molecule has 1 N–H and O–H groups in total. The van der Waals surface area contributed by atoms with Gasteiger partial charge in [-0.15, -0.1) is 11.3 Å². The van der Waals surface area contributed by atoms with E-state index in [9.17, 15) is 4.79 Å². The number of carbonyl (C=O) groups is 1. The van der Waals surface area contributed by atoms with Crippen molar-refractivity contribution in [3.05, 3.63) is 59.4 Å². The molecular weight excluding hydrogens is 362 g/mol. The first-order chi connectivity index (χ1) is 13.2. The van der Waals surface area contributed by atoms with Crippen molar-refractivity contribution in [1.29, 1.82) is 0 Å². The molecule has 0 saturated carbocycles. The number of aryl methyl sites for hydroxylation is 1. The first-order valence-electron chi connectivity index (χ1n) is 8.56. The maximum Gasteiger partial charge on any atom is 0.277 e. The second-order valence-corrected chi connectivity index (χ2v) is 7.08. The van der Waals surface area contributed by atoms with Crippen molar-refractivity contribution < 1.29 is 13.9 Å². The second-order valence-electron chi connectivity index (χ2n) is 6.13. The van der Waals surface area contributed by atoms with Crippen LogP contribution in [-0.2, 0) is 11.3 Å². The predicted molar refractivity (Wildman–Crippen MR) is 106 cm³/mol. The number of nitrogens with zero attached hydrogens (tertiary/aromatic N) is 2. The Balaban J connectivity index is 1.54. The molecule has 0 aliphatic carbocycles. The number of anilines is 1. The largest absolute Gasteiger partial charge is 0.440 e. The van der Waals surface area contributed by atoms with Crippen molar-refractivity contribution in [1.82, 2.24) is 9.55 Å². The Kier molecular flexibility index (Phi) is 4.79. The second kappa shape index (κ2) is 7.38. The van der Waals surface area contributed by atoms with Crippen LogP contribution in [0.2, 0.25) is 0 Å². The zero-order chi connectivity index (χ0) is 18.8. The molecule has 3 aromatic heterocycles. The van der Waals surface area contributed by atoms with E-state index in [2.05, 4.69) is 14.9 Å². The molecule has 0 aliphatic heterocycles. The maximum absolute atomic E-state index is 12.6. The highest BCUT2D eigenvalue weighted by atomic mass is 32.1. The van der Waals surface area contributed by atoms with Gasteiger partial charge in [0.15, 0.2) is 5.69 Å². The van der Waals surface area contributed by atoms with Crippen molar-refractivity contribution >= 4 is 33.8 Å².